The van der Waals surface area contributed by atoms with E-state index in [0.717, 1.165) is 12.8 Å². The Morgan fingerprint density at radius 3 is 2.42 bits per heavy atom. The quantitative estimate of drug-likeness (QED) is 0.861. The molecule has 1 rings (SSSR count). The third kappa shape index (κ3) is 3.23. The molecule has 106 valence electrons. The summed E-state index contributed by atoms with van der Waals surface area (Å²) in [6, 6.07) is 5.75. The van der Waals surface area contributed by atoms with E-state index in [1.807, 2.05) is 13.8 Å². The first-order valence-corrected chi connectivity index (χ1v) is 6.50. The predicted octanol–water partition coefficient (Wildman–Crippen LogP) is 2.81. The van der Waals surface area contributed by atoms with Crippen molar-refractivity contribution in [2.45, 2.75) is 32.2 Å². The zero-order valence-corrected chi connectivity index (χ0v) is 11.7. The molecule has 0 saturated carbocycles. The summed E-state index contributed by atoms with van der Waals surface area (Å²) in [5.74, 6) is -0.449. The summed E-state index contributed by atoms with van der Waals surface area (Å²) >= 11 is 0. The SMILES string of the molecule is CCC(CC)(CN)N(C)C(=O)Nc1ccccc1F. The van der Waals surface area contributed by atoms with Crippen LogP contribution in [0.4, 0.5) is 14.9 Å². The number of carbonyl (C=O) groups excluding carboxylic acids is 1. The number of urea groups is 1. The van der Waals surface area contributed by atoms with E-state index in [2.05, 4.69) is 5.32 Å². The Balaban J connectivity index is 2.86. The first-order chi connectivity index (χ1) is 9.00. The molecule has 0 fully saturated rings. The predicted molar refractivity (Wildman–Crippen MR) is 75.5 cm³/mol. The van der Waals surface area contributed by atoms with Gasteiger partial charge in [0, 0.05) is 13.6 Å². The van der Waals surface area contributed by atoms with Crippen molar-refractivity contribution < 1.29 is 9.18 Å². The molecule has 0 spiro atoms. The molecule has 0 radical (unpaired) electrons. The standard InChI is InChI=1S/C14H22FN3O/c1-4-14(5-2,10-16)18(3)13(19)17-12-9-7-6-8-11(12)15/h6-9H,4-5,10,16H2,1-3H3,(H,17,19). The zero-order chi connectivity index (χ0) is 14.5. The van der Waals surface area contributed by atoms with Gasteiger partial charge in [-0.15, -0.1) is 0 Å². The summed E-state index contributed by atoms with van der Waals surface area (Å²) in [7, 11) is 1.69. The molecule has 0 aliphatic rings. The van der Waals surface area contributed by atoms with Crippen LogP contribution in [0, 0.1) is 5.82 Å². The number of nitrogens with one attached hydrogen (secondary N) is 1. The number of hydrogen-bond acceptors (Lipinski definition) is 2. The molecule has 0 unspecified atom stereocenters. The molecule has 19 heavy (non-hydrogen) atoms. The lowest BCUT2D eigenvalue weighted by molar-refractivity contribution is 0.140. The highest BCUT2D eigenvalue weighted by atomic mass is 19.1. The van der Waals surface area contributed by atoms with Gasteiger partial charge in [-0.3, -0.25) is 0 Å². The van der Waals surface area contributed by atoms with Crippen molar-refractivity contribution in [2.75, 3.05) is 18.9 Å². The van der Waals surface area contributed by atoms with Crippen LogP contribution in [0.25, 0.3) is 0 Å². The Hall–Kier alpha value is -1.62. The number of para-hydroxylation sites is 1. The van der Waals surface area contributed by atoms with Crippen molar-refractivity contribution in [2.24, 2.45) is 5.73 Å². The van der Waals surface area contributed by atoms with Gasteiger partial charge in [0.1, 0.15) is 5.82 Å². The largest absolute Gasteiger partial charge is 0.328 e. The number of rotatable bonds is 5. The van der Waals surface area contributed by atoms with Crippen molar-refractivity contribution in [1.82, 2.24) is 4.90 Å². The van der Waals surface area contributed by atoms with Gasteiger partial charge in [0.05, 0.1) is 11.2 Å². The number of hydrogen-bond donors (Lipinski definition) is 2. The fraction of sp³-hybridized carbons (Fsp3) is 0.500. The van der Waals surface area contributed by atoms with Crippen LogP contribution in [0.3, 0.4) is 0 Å². The second kappa shape index (κ2) is 6.52. The Bertz CT molecular complexity index is 424. The molecule has 0 atom stereocenters. The Morgan fingerprint density at radius 1 is 1.37 bits per heavy atom. The van der Waals surface area contributed by atoms with Crippen molar-refractivity contribution in [3.8, 4) is 0 Å². The van der Waals surface area contributed by atoms with Crippen LogP contribution in [-0.4, -0.2) is 30.1 Å². The van der Waals surface area contributed by atoms with E-state index in [1.165, 1.54) is 12.1 Å². The lowest BCUT2D eigenvalue weighted by Crippen LogP contribution is -2.55. The Morgan fingerprint density at radius 2 is 1.95 bits per heavy atom. The fourth-order valence-electron chi connectivity index (χ4n) is 2.13. The van der Waals surface area contributed by atoms with Gasteiger partial charge in [0.2, 0.25) is 0 Å². The summed E-state index contributed by atoms with van der Waals surface area (Å²) in [4.78, 5) is 13.7. The average molecular weight is 267 g/mol. The van der Waals surface area contributed by atoms with Crippen LogP contribution in [0.2, 0.25) is 0 Å². The molecule has 0 heterocycles. The van der Waals surface area contributed by atoms with Crippen LogP contribution in [-0.2, 0) is 0 Å². The summed E-state index contributed by atoms with van der Waals surface area (Å²) in [5, 5.41) is 2.57. The third-order valence-electron chi connectivity index (χ3n) is 3.83. The van der Waals surface area contributed by atoms with E-state index in [1.54, 1.807) is 24.1 Å². The molecule has 0 bridgehead atoms. The van der Waals surface area contributed by atoms with Crippen molar-refractivity contribution in [1.29, 1.82) is 0 Å². The van der Waals surface area contributed by atoms with Gasteiger partial charge in [-0.2, -0.15) is 0 Å². The van der Waals surface area contributed by atoms with E-state index in [4.69, 9.17) is 5.73 Å². The van der Waals surface area contributed by atoms with Crippen molar-refractivity contribution in [3.63, 3.8) is 0 Å². The summed E-state index contributed by atoms with van der Waals surface area (Å²) < 4.78 is 13.5. The highest BCUT2D eigenvalue weighted by molar-refractivity contribution is 5.89. The van der Waals surface area contributed by atoms with Crippen molar-refractivity contribution in [3.05, 3.63) is 30.1 Å². The van der Waals surface area contributed by atoms with E-state index >= 15 is 0 Å². The molecule has 0 aromatic heterocycles. The summed E-state index contributed by atoms with van der Waals surface area (Å²) in [6.45, 7) is 4.35. The van der Waals surface area contributed by atoms with Crippen LogP contribution < -0.4 is 11.1 Å². The summed E-state index contributed by atoms with van der Waals surface area (Å²) in [5.41, 5.74) is 5.58. The molecule has 2 amide bonds. The Labute approximate surface area is 113 Å². The molecule has 4 nitrogen and oxygen atoms in total. The summed E-state index contributed by atoms with van der Waals surface area (Å²) in [6.07, 6.45) is 1.50. The number of halogens is 1. The Kier molecular flexibility index (Phi) is 5.30. The van der Waals surface area contributed by atoms with Crippen LogP contribution in [0.1, 0.15) is 26.7 Å². The van der Waals surface area contributed by atoms with Crippen LogP contribution in [0.15, 0.2) is 24.3 Å². The van der Waals surface area contributed by atoms with Gasteiger partial charge in [0.15, 0.2) is 0 Å². The third-order valence-corrected chi connectivity index (χ3v) is 3.83. The molecule has 1 aromatic rings. The number of anilines is 1. The average Bonchev–Trinajstić information content (AvgIpc) is 2.43. The lowest BCUT2D eigenvalue weighted by atomic mass is 9.91. The minimum Gasteiger partial charge on any atom is -0.328 e. The highest BCUT2D eigenvalue weighted by Crippen LogP contribution is 2.23. The molecular weight excluding hydrogens is 245 g/mol. The second-order valence-electron chi connectivity index (χ2n) is 4.60. The topological polar surface area (TPSA) is 58.4 Å². The first kappa shape index (κ1) is 15.4. The van der Waals surface area contributed by atoms with Gasteiger partial charge < -0.3 is 16.0 Å². The minimum absolute atomic E-state index is 0.178. The molecule has 0 aliphatic heterocycles. The maximum Gasteiger partial charge on any atom is 0.322 e. The number of nitrogens with zero attached hydrogens (tertiary/aromatic N) is 1. The van der Waals surface area contributed by atoms with Gasteiger partial charge in [-0.05, 0) is 25.0 Å². The molecule has 5 heteroatoms. The second-order valence-corrected chi connectivity index (χ2v) is 4.60. The molecule has 0 aliphatic carbocycles. The van der Waals surface area contributed by atoms with Gasteiger partial charge >= 0.3 is 6.03 Å². The van der Waals surface area contributed by atoms with E-state index in [9.17, 15) is 9.18 Å². The van der Waals surface area contributed by atoms with E-state index in [0.29, 0.717) is 6.54 Å². The smallest absolute Gasteiger partial charge is 0.322 e. The van der Waals surface area contributed by atoms with E-state index < -0.39 is 11.4 Å². The number of nitrogens with two attached hydrogens (primary N) is 1. The number of carbonyl (C=O) groups is 1. The minimum atomic E-state index is -0.449. The van der Waals surface area contributed by atoms with Crippen LogP contribution in [0.5, 0.6) is 0 Å². The van der Waals surface area contributed by atoms with Gasteiger partial charge in [-0.1, -0.05) is 26.0 Å². The van der Waals surface area contributed by atoms with Crippen molar-refractivity contribution >= 4 is 11.7 Å². The lowest BCUT2D eigenvalue weighted by Gasteiger charge is -2.39. The molecule has 3 N–H and O–H groups in total. The molecular formula is C14H22FN3O. The highest BCUT2D eigenvalue weighted by Gasteiger charge is 2.32. The fourth-order valence-corrected chi connectivity index (χ4v) is 2.13. The van der Waals surface area contributed by atoms with Crippen LogP contribution >= 0.6 is 0 Å². The number of likely N-dealkylation sites (N-methyl/N-ethyl adjacent to an activating group) is 1. The molecule has 0 saturated heterocycles. The zero-order valence-electron chi connectivity index (χ0n) is 11.7. The van der Waals surface area contributed by atoms with E-state index in [-0.39, 0.29) is 11.7 Å². The maximum atomic E-state index is 13.5. The first-order valence-electron chi connectivity index (χ1n) is 6.50. The monoisotopic (exact) mass is 267 g/mol. The molecule has 1 aromatic carbocycles. The van der Waals surface area contributed by atoms with Gasteiger partial charge in [-0.25, -0.2) is 9.18 Å². The maximum absolute atomic E-state index is 13.5. The normalized spacial score (nSPS) is 11.2. The number of benzene rings is 1. The number of amides is 2. The van der Waals surface area contributed by atoms with Gasteiger partial charge in [0.25, 0.3) is 0 Å².